The minimum absolute atomic E-state index is 0.171. The first-order chi connectivity index (χ1) is 8.36. The van der Waals surface area contributed by atoms with Crippen molar-refractivity contribution in [3.05, 3.63) is 30.1 Å². The summed E-state index contributed by atoms with van der Waals surface area (Å²) in [4.78, 5) is 10.6. The Morgan fingerprint density at radius 1 is 1.50 bits per heavy atom. The lowest BCUT2D eigenvalue weighted by atomic mass is 10.2. The molecule has 0 aliphatic rings. The summed E-state index contributed by atoms with van der Waals surface area (Å²) in [5.74, 6) is -1.95. The van der Waals surface area contributed by atoms with Gasteiger partial charge in [-0.15, -0.1) is 0 Å². The van der Waals surface area contributed by atoms with Gasteiger partial charge in [-0.1, -0.05) is 19.4 Å². The second-order valence-corrected chi connectivity index (χ2v) is 5.47. The molecule has 1 aromatic carbocycles. The SMILES string of the molecule is CCC[C@H](NS(=O)(=O)c1cccc(F)c1)C(=O)O. The summed E-state index contributed by atoms with van der Waals surface area (Å²) >= 11 is 0. The second kappa shape index (κ2) is 5.92. The van der Waals surface area contributed by atoms with Crippen LogP contribution in [0, 0.1) is 5.82 Å². The molecular weight excluding hydrogens is 261 g/mol. The molecule has 0 amide bonds. The zero-order valence-corrected chi connectivity index (χ0v) is 10.6. The summed E-state index contributed by atoms with van der Waals surface area (Å²) in [5.41, 5.74) is 0. The number of carbonyl (C=O) groups is 1. The number of halogens is 1. The molecule has 18 heavy (non-hydrogen) atoms. The third-order valence-electron chi connectivity index (χ3n) is 2.28. The molecule has 0 aromatic heterocycles. The first-order valence-corrected chi connectivity index (χ1v) is 6.86. The van der Waals surface area contributed by atoms with E-state index < -0.39 is 27.9 Å². The molecular formula is C11H14FNO4S. The molecule has 0 fully saturated rings. The largest absolute Gasteiger partial charge is 0.480 e. The average molecular weight is 275 g/mol. The number of carboxylic acid groups (broad SMARTS) is 1. The number of aliphatic carboxylic acids is 1. The quantitative estimate of drug-likeness (QED) is 0.821. The third-order valence-corrected chi connectivity index (χ3v) is 3.75. The fraction of sp³-hybridized carbons (Fsp3) is 0.364. The standard InChI is InChI=1S/C11H14FNO4S/c1-2-4-10(11(14)15)13-18(16,17)9-6-3-5-8(12)7-9/h3,5-7,10,13H,2,4H2,1H3,(H,14,15)/t10-/m0/s1. The number of sulfonamides is 1. The molecule has 0 unspecified atom stereocenters. The van der Waals surface area contributed by atoms with E-state index in [1.54, 1.807) is 6.92 Å². The lowest BCUT2D eigenvalue weighted by Gasteiger charge is -2.13. The molecule has 1 atom stereocenters. The Kier molecular flexibility index (Phi) is 4.80. The van der Waals surface area contributed by atoms with Crippen LogP contribution in [-0.2, 0) is 14.8 Å². The van der Waals surface area contributed by atoms with Crippen LogP contribution >= 0.6 is 0 Å². The molecule has 2 N–H and O–H groups in total. The van der Waals surface area contributed by atoms with Gasteiger partial charge in [0, 0.05) is 0 Å². The van der Waals surface area contributed by atoms with Gasteiger partial charge in [-0.25, -0.2) is 12.8 Å². The van der Waals surface area contributed by atoms with Crippen LogP contribution in [0.1, 0.15) is 19.8 Å². The summed E-state index contributed by atoms with van der Waals surface area (Å²) in [7, 11) is -4.02. The van der Waals surface area contributed by atoms with Gasteiger partial charge < -0.3 is 5.11 Å². The summed E-state index contributed by atoms with van der Waals surface area (Å²) < 4.78 is 38.6. The number of rotatable bonds is 6. The van der Waals surface area contributed by atoms with Gasteiger partial charge in [0.05, 0.1) is 4.90 Å². The van der Waals surface area contributed by atoms with Gasteiger partial charge in [-0.05, 0) is 24.6 Å². The maximum absolute atomic E-state index is 12.9. The van der Waals surface area contributed by atoms with E-state index in [-0.39, 0.29) is 11.3 Å². The Labute approximate surface area is 105 Å². The number of hydrogen-bond donors (Lipinski definition) is 2. The molecule has 0 radical (unpaired) electrons. The maximum Gasteiger partial charge on any atom is 0.321 e. The average Bonchev–Trinajstić information content (AvgIpc) is 2.28. The van der Waals surface area contributed by atoms with Crippen molar-refractivity contribution in [1.82, 2.24) is 4.72 Å². The molecule has 5 nitrogen and oxygen atoms in total. The molecule has 0 aliphatic heterocycles. The Morgan fingerprint density at radius 2 is 2.17 bits per heavy atom. The molecule has 0 heterocycles. The van der Waals surface area contributed by atoms with E-state index in [1.807, 2.05) is 4.72 Å². The molecule has 0 saturated carbocycles. The zero-order valence-electron chi connectivity index (χ0n) is 9.76. The molecule has 1 rings (SSSR count). The highest BCUT2D eigenvalue weighted by atomic mass is 32.2. The Balaban J connectivity index is 2.97. The van der Waals surface area contributed by atoms with E-state index in [1.165, 1.54) is 12.1 Å². The van der Waals surface area contributed by atoms with Crippen molar-refractivity contribution >= 4 is 16.0 Å². The van der Waals surface area contributed by atoms with Crippen molar-refractivity contribution in [2.45, 2.75) is 30.7 Å². The van der Waals surface area contributed by atoms with Crippen molar-refractivity contribution in [3.63, 3.8) is 0 Å². The van der Waals surface area contributed by atoms with Crippen LogP contribution < -0.4 is 4.72 Å². The molecule has 1 aromatic rings. The van der Waals surface area contributed by atoms with Crippen LogP contribution in [0.4, 0.5) is 4.39 Å². The van der Waals surface area contributed by atoms with Crippen molar-refractivity contribution in [3.8, 4) is 0 Å². The predicted octanol–water partition coefficient (Wildman–Crippen LogP) is 1.36. The summed E-state index contributed by atoms with van der Waals surface area (Å²) in [6.07, 6.45) is 0.687. The fourth-order valence-electron chi connectivity index (χ4n) is 1.41. The Bertz CT molecular complexity index is 530. The Morgan fingerprint density at radius 3 is 2.67 bits per heavy atom. The molecule has 0 saturated heterocycles. The van der Waals surface area contributed by atoms with Crippen LogP contribution in [-0.4, -0.2) is 25.5 Å². The van der Waals surface area contributed by atoms with Gasteiger partial charge in [0.1, 0.15) is 11.9 Å². The molecule has 0 bridgehead atoms. The highest BCUT2D eigenvalue weighted by molar-refractivity contribution is 7.89. The molecule has 7 heteroatoms. The zero-order chi connectivity index (χ0) is 13.8. The van der Waals surface area contributed by atoms with Crippen LogP contribution in [0.3, 0.4) is 0 Å². The van der Waals surface area contributed by atoms with Gasteiger partial charge in [0.25, 0.3) is 0 Å². The minimum atomic E-state index is -4.02. The first kappa shape index (κ1) is 14.6. The predicted molar refractivity (Wildman–Crippen MR) is 63.1 cm³/mol. The van der Waals surface area contributed by atoms with E-state index >= 15 is 0 Å². The van der Waals surface area contributed by atoms with Gasteiger partial charge in [0.15, 0.2) is 0 Å². The van der Waals surface area contributed by atoms with E-state index in [0.717, 1.165) is 12.1 Å². The maximum atomic E-state index is 12.9. The first-order valence-electron chi connectivity index (χ1n) is 5.37. The lowest BCUT2D eigenvalue weighted by Crippen LogP contribution is -2.40. The van der Waals surface area contributed by atoms with Gasteiger partial charge in [0.2, 0.25) is 10.0 Å². The number of nitrogens with one attached hydrogen (secondary N) is 1. The van der Waals surface area contributed by atoms with Crippen molar-refractivity contribution in [2.75, 3.05) is 0 Å². The molecule has 0 aliphatic carbocycles. The van der Waals surface area contributed by atoms with E-state index in [0.29, 0.717) is 6.42 Å². The summed E-state index contributed by atoms with van der Waals surface area (Å²) in [6.45, 7) is 1.74. The molecule has 100 valence electrons. The van der Waals surface area contributed by atoms with Crippen molar-refractivity contribution in [2.24, 2.45) is 0 Å². The highest BCUT2D eigenvalue weighted by Crippen LogP contribution is 2.12. The topological polar surface area (TPSA) is 83.5 Å². The van der Waals surface area contributed by atoms with Crippen molar-refractivity contribution < 1.29 is 22.7 Å². The number of benzene rings is 1. The second-order valence-electron chi connectivity index (χ2n) is 3.76. The lowest BCUT2D eigenvalue weighted by molar-refractivity contribution is -0.139. The molecule has 0 spiro atoms. The minimum Gasteiger partial charge on any atom is -0.480 e. The van der Waals surface area contributed by atoms with Crippen LogP contribution in [0.25, 0.3) is 0 Å². The van der Waals surface area contributed by atoms with E-state index in [9.17, 15) is 17.6 Å². The van der Waals surface area contributed by atoms with Gasteiger partial charge in [-0.3, -0.25) is 4.79 Å². The monoisotopic (exact) mass is 275 g/mol. The highest BCUT2D eigenvalue weighted by Gasteiger charge is 2.24. The smallest absolute Gasteiger partial charge is 0.321 e. The van der Waals surface area contributed by atoms with Crippen LogP contribution in [0.5, 0.6) is 0 Å². The fourth-order valence-corrected chi connectivity index (χ4v) is 2.67. The Hall–Kier alpha value is -1.47. The van der Waals surface area contributed by atoms with Crippen molar-refractivity contribution in [1.29, 1.82) is 0 Å². The summed E-state index contributed by atoms with van der Waals surface area (Å²) in [6, 6.07) is 3.20. The third kappa shape index (κ3) is 3.78. The number of carboxylic acids is 1. The van der Waals surface area contributed by atoms with Crippen LogP contribution in [0.2, 0.25) is 0 Å². The summed E-state index contributed by atoms with van der Waals surface area (Å²) in [5, 5.41) is 8.87. The van der Waals surface area contributed by atoms with E-state index in [2.05, 4.69) is 0 Å². The van der Waals surface area contributed by atoms with Gasteiger partial charge in [-0.2, -0.15) is 4.72 Å². The van der Waals surface area contributed by atoms with E-state index in [4.69, 9.17) is 5.11 Å². The normalized spacial score (nSPS) is 13.2. The van der Waals surface area contributed by atoms with Crippen LogP contribution in [0.15, 0.2) is 29.2 Å². The number of hydrogen-bond acceptors (Lipinski definition) is 3. The van der Waals surface area contributed by atoms with Gasteiger partial charge >= 0.3 is 5.97 Å².